The maximum atomic E-state index is 5.42. The van der Waals surface area contributed by atoms with Crippen LogP contribution in [0, 0.1) is 0 Å². The highest BCUT2D eigenvalue weighted by molar-refractivity contribution is 8.69. The molecule has 1 unspecified atom stereocenters. The number of hydrogen-bond acceptors (Lipinski definition) is 3. The summed E-state index contributed by atoms with van der Waals surface area (Å²) in [6.07, 6.45) is 0. The van der Waals surface area contributed by atoms with Gasteiger partial charge in [0, 0.05) is 5.75 Å². The van der Waals surface area contributed by atoms with E-state index in [4.69, 9.17) is 16.3 Å². The molecule has 0 bridgehead atoms. The van der Waals surface area contributed by atoms with Crippen LogP contribution in [0.15, 0.2) is 0 Å². The second kappa shape index (κ2) is 2.89. The van der Waals surface area contributed by atoms with Crippen LogP contribution in [0.25, 0.3) is 0 Å². The molecule has 0 amide bonds. The number of hydrogen-bond donors (Lipinski definition) is 0. The first kappa shape index (κ1) is 8.02. The van der Waals surface area contributed by atoms with Crippen molar-refractivity contribution >= 4 is 28.8 Å². The zero-order valence-electron chi connectivity index (χ0n) is 5.53. The van der Waals surface area contributed by atoms with Crippen LogP contribution in [-0.4, -0.2) is 31.1 Å². The third-order valence-electron chi connectivity index (χ3n) is 1.08. The quantitative estimate of drug-likeness (QED) is 0.571. The van der Waals surface area contributed by atoms with Gasteiger partial charge in [-0.25, -0.2) is 0 Å². The predicted octanol–water partition coefficient (Wildman–Crippen LogP) is 1.54. The molecule has 0 aliphatic carbocycles. The topological polar surface area (TPSA) is 12.5 Å². The fourth-order valence-corrected chi connectivity index (χ4v) is 4.89. The molecule has 9 heavy (non-hydrogen) atoms. The monoisotopic (exact) mass is 183 g/mol. The lowest BCUT2D eigenvalue weighted by atomic mass is 10.9. The van der Waals surface area contributed by atoms with Crippen LogP contribution >= 0.6 is 17.0 Å². The molecule has 0 radical (unpaired) electrons. The minimum Gasteiger partial charge on any atom is -0.330 e. The van der Waals surface area contributed by atoms with E-state index in [0.717, 1.165) is 12.4 Å². The molecule has 0 spiro atoms. The third-order valence-corrected chi connectivity index (χ3v) is 8.31. The normalized spacial score (nSPS) is 35.9. The van der Waals surface area contributed by atoms with Gasteiger partial charge in [-0.3, -0.25) is 4.67 Å². The average molecular weight is 183 g/mol. The van der Waals surface area contributed by atoms with Crippen LogP contribution in [0.2, 0.25) is 0 Å². The van der Waals surface area contributed by atoms with E-state index in [2.05, 4.69) is 0 Å². The van der Waals surface area contributed by atoms with Crippen molar-refractivity contribution in [1.82, 2.24) is 4.67 Å². The van der Waals surface area contributed by atoms with E-state index in [-0.39, 0.29) is 0 Å². The molecule has 0 aromatic carbocycles. The molecule has 54 valence electrons. The summed E-state index contributed by atoms with van der Waals surface area (Å²) >= 11 is 7.05. The summed E-state index contributed by atoms with van der Waals surface area (Å²) in [6, 6.07) is 0. The lowest BCUT2D eigenvalue weighted by Crippen LogP contribution is -2.04. The second-order valence-electron chi connectivity index (χ2n) is 1.98. The van der Waals surface area contributed by atoms with Gasteiger partial charge in [0.15, 0.2) is 5.62 Å². The lowest BCUT2D eigenvalue weighted by Gasteiger charge is -2.20. The number of rotatable bonds is 1. The summed E-state index contributed by atoms with van der Waals surface area (Å²) in [5.41, 5.74) is -1.56. The predicted molar refractivity (Wildman–Crippen MR) is 46.4 cm³/mol. The Labute approximate surface area is 64.8 Å². The number of nitrogens with zero attached hydrogens (tertiary/aromatic N) is 1. The Morgan fingerprint density at radius 1 is 1.67 bits per heavy atom. The van der Waals surface area contributed by atoms with Gasteiger partial charge in [-0.2, -0.15) is 0 Å². The molecule has 1 heterocycles. The Balaban J connectivity index is 2.62. The molecule has 2 nitrogen and oxygen atoms in total. The molecule has 0 aromatic heterocycles. The first-order valence-corrected chi connectivity index (χ1v) is 6.98. The molecule has 0 aromatic rings. The molecule has 1 fully saturated rings. The summed E-state index contributed by atoms with van der Waals surface area (Å²) in [5.74, 6) is 1.06. The second-order valence-corrected chi connectivity index (χ2v) is 9.08. The zero-order valence-corrected chi connectivity index (χ0v) is 8.06. The van der Waals surface area contributed by atoms with Gasteiger partial charge in [-0.05, 0) is 25.9 Å². The van der Waals surface area contributed by atoms with Crippen molar-refractivity contribution < 1.29 is 4.52 Å². The fraction of sp³-hybridized carbons (Fsp3) is 1.00. The molecule has 1 atom stereocenters. The van der Waals surface area contributed by atoms with Gasteiger partial charge < -0.3 is 4.52 Å². The molecule has 1 aliphatic rings. The van der Waals surface area contributed by atoms with Crippen LogP contribution in [0.4, 0.5) is 0 Å². The van der Waals surface area contributed by atoms with Crippen molar-refractivity contribution in [2.45, 2.75) is 0 Å². The van der Waals surface area contributed by atoms with E-state index >= 15 is 0 Å². The van der Waals surface area contributed by atoms with E-state index in [1.54, 1.807) is 11.4 Å². The van der Waals surface area contributed by atoms with Crippen molar-refractivity contribution in [3.63, 3.8) is 0 Å². The van der Waals surface area contributed by atoms with Crippen molar-refractivity contribution in [3.8, 4) is 0 Å². The summed E-state index contributed by atoms with van der Waals surface area (Å²) in [7, 11) is 3.97. The van der Waals surface area contributed by atoms with E-state index in [9.17, 15) is 0 Å². The van der Waals surface area contributed by atoms with Crippen molar-refractivity contribution in [2.75, 3.05) is 26.5 Å². The van der Waals surface area contributed by atoms with Gasteiger partial charge in [0.1, 0.15) is 0 Å². The molecule has 5 heteroatoms. The van der Waals surface area contributed by atoms with Gasteiger partial charge in [-0.1, -0.05) is 11.4 Å². The molecule has 1 saturated heterocycles. The van der Waals surface area contributed by atoms with Crippen molar-refractivity contribution in [3.05, 3.63) is 0 Å². The molecule has 1 aliphatic heterocycles. The standard InChI is InChI=1S/C4H10NOPS2/c1-5(2)7(8)6-3-4-9-7/h3-4H2,1-2H3. The Morgan fingerprint density at radius 2 is 2.33 bits per heavy atom. The van der Waals surface area contributed by atoms with Crippen molar-refractivity contribution in [2.24, 2.45) is 0 Å². The van der Waals surface area contributed by atoms with Crippen molar-refractivity contribution in [1.29, 1.82) is 0 Å². The summed E-state index contributed by atoms with van der Waals surface area (Å²) in [6.45, 7) is 0.833. The molecule has 1 rings (SSSR count). The Morgan fingerprint density at radius 3 is 2.56 bits per heavy atom. The zero-order chi connectivity index (χ0) is 6.91. The van der Waals surface area contributed by atoms with E-state index in [1.807, 2.05) is 18.8 Å². The lowest BCUT2D eigenvalue weighted by molar-refractivity contribution is 0.371. The van der Waals surface area contributed by atoms with Crippen LogP contribution in [0.5, 0.6) is 0 Å². The van der Waals surface area contributed by atoms with Gasteiger partial charge in [0.05, 0.1) is 6.61 Å². The fourth-order valence-electron chi connectivity index (χ4n) is 0.573. The summed E-state index contributed by atoms with van der Waals surface area (Å²) in [4.78, 5) is 0. The van der Waals surface area contributed by atoms with Crippen LogP contribution < -0.4 is 0 Å². The maximum absolute atomic E-state index is 5.42. The maximum Gasteiger partial charge on any atom is 0.188 e. The smallest absolute Gasteiger partial charge is 0.188 e. The first-order chi connectivity index (χ1) is 4.15. The van der Waals surface area contributed by atoms with E-state index in [1.165, 1.54) is 0 Å². The Bertz CT molecular complexity index is 140. The van der Waals surface area contributed by atoms with Crippen LogP contribution in [0.3, 0.4) is 0 Å². The van der Waals surface area contributed by atoms with E-state index < -0.39 is 5.62 Å². The van der Waals surface area contributed by atoms with Gasteiger partial charge in [-0.15, -0.1) is 0 Å². The Kier molecular flexibility index (Phi) is 2.57. The van der Waals surface area contributed by atoms with Crippen LogP contribution in [0.1, 0.15) is 0 Å². The van der Waals surface area contributed by atoms with Gasteiger partial charge in [0.25, 0.3) is 0 Å². The largest absolute Gasteiger partial charge is 0.330 e. The SMILES string of the molecule is CN(C)P1(=S)OCCS1. The average Bonchev–Trinajstić information content (AvgIpc) is 2.16. The molecule has 0 N–H and O–H groups in total. The van der Waals surface area contributed by atoms with E-state index in [0.29, 0.717) is 0 Å². The minimum atomic E-state index is -1.56. The minimum absolute atomic E-state index is 0.833. The first-order valence-electron chi connectivity index (χ1n) is 2.72. The third kappa shape index (κ3) is 1.69. The van der Waals surface area contributed by atoms with Gasteiger partial charge >= 0.3 is 0 Å². The molecular weight excluding hydrogens is 173 g/mol. The highest BCUT2D eigenvalue weighted by Gasteiger charge is 2.26. The Hall–Kier alpha value is 0.920. The summed E-state index contributed by atoms with van der Waals surface area (Å²) in [5, 5.41) is 0. The molecular formula is C4H10NOPS2. The highest BCUT2D eigenvalue weighted by atomic mass is 32.9. The molecule has 0 saturated carbocycles. The highest BCUT2D eigenvalue weighted by Crippen LogP contribution is 2.64. The van der Waals surface area contributed by atoms with Crippen LogP contribution in [-0.2, 0) is 16.3 Å². The van der Waals surface area contributed by atoms with Gasteiger partial charge in [0.2, 0.25) is 0 Å². The summed E-state index contributed by atoms with van der Waals surface area (Å²) < 4.78 is 7.44.